The van der Waals surface area contributed by atoms with Crippen molar-refractivity contribution < 1.29 is 27.1 Å². The molecule has 1 amide bonds. The lowest BCUT2D eigenvalue weighted by Gasteiger charge is -2.28. The number of alkyl carbamates (subject to hydrolysis) is 1. The van der Waals surface area contributed by atoms with E-state index in [-0.39, 0.29) is 5.56 Å². The number of carbonyl (C=O) groups is 1. The summed E-state index contributed by atoms with van der Waals surface area (Å²) in [6.45, 7) is 5.00. The fourth-order valence-electron chi connectivity index (χ4n) is 2.19. The Kier molecular flexibility index (Phi) is 4.56. The molecule has 1 aliphatic rings. The summed E-state index contributed by atoms with van der Waals surface area (Å²) in [4.78, 5) is 12.0. The second kappa shape index (κ2) is 5.91. The molecule has 1 aliphatic carbocycles. The normalized spacial score (nSPS) is 18.0. The molecular weight excluding hydrogens is 328 g/mol. The van der Waals surface area contributed by atoms with E-state index in [0.29, 0.717) is 12.8 Å². The van der Waals surface area contributed by atoms with Crippen LogP contribution in [-0.4, -0.2) is 17.7 Å². The summed E-state index contributed by atoms with van der Waals surface area (Å²) in [6, 6.07) is 2.74. The second-order valence-corrected chi connectivity index (χ2v) is 6.77. The summed E-state index contributed by atoms with van der Waals surface area (Å²) >= 11 is 0. The Hall–Kier alpha value is -1.83. The Morgan fingerprint density at radius 2 is 1.92 bits per heavy atom. The van der Waals surface area contributed by atoms with E-state index in [0.717, 1.165) is 12.1 Å². The van der Waals surface area contributed by atoms with Crippen molar-refractivity contribution in [3.63, 3.8) is 0 Å². The number of rotatable bonds is 4. The number of ether oxygens (including phenoxy) is 1. The molecule has 8 heteroatoms. The third-order valence-electron chi connectivity index (χ3n) is 4.25. The molecule has 0 saturated heterocycles. The average molecular weight is 348 g/mol. The minimum atomic E-state index is -4.80. The van der Waals surface area contributed by atoms with Crippen LogP contribution in [0.5, 0.6) is 0 Å². The van der Waals surface area contributed by atoms with Crippen molar-refractivity contribution in [1.82, 2.24) is 5.32 Å². The van der Waals surface area contributed by atoms with Crippen molar-refractivity contribution >= 4 is 6.09 Å². The molecule has 24 heavy (non-hydrogen) atoms. The molecule has 1 atom stereocenters. The molecule has 0 aliphatic heterocycles. The first kappa shape index (κ1) is 18.5. The topological polar surface area (TPSA) is 64.3 Å². The van der Waals surface area contributed by atoms with Gasteiger partial charge in [0.2, 0.25) is 0 Å². The maximum atomic E-state index is 13.4. The van der Waals surface area contributed by atoms with Gasteiger partial charge in [0.1, 0.15) is 11.9 Å². The third kappa shape index (κ3) is 3.98. The van der Waals surface area contributed by atoms with Crippen molar-refractivity contribution in [2.45, 2.75) is 57.0 Å². The van der Waals surface area contributed by atoms with E-state index < -0.39 is 40.8 Å². The van der Waals surface area contributed by atoms with Crippen LogP contribution in [0.3, 0.4) is 0 Å². The molecule has 3 N–H and O–H groups in total. The van der Waals surface area contributed by atoms with Crippen LogP contribution in [0.4, 0.5) is 22.4 Å². The zero-order valence-corrected chi connectivity index (χ0v) is 13.6. The lowest BCUT2D eigenvalue weighted by molar-refractivity contribution is -0.140. The van der Waals surface area contributed by atoms with Crippen LogP contribution >= 0.6 is 0 Å². The molecule has 1 unspecified atom stereocenters. The summed E-state index contributed by atoms with van der Waals surface area (Å²) in [6.07, 6.45) is -5.25. The molecule has 0 heterocycles. The highest BCUT2D eigenvalue weighted by molar-refractivity contribution is 5.70. The first-order valence-electron chi connectivity index (χ1n) is 7.50. The SMILES string of the molecule is CC(OC(=O)NC1(c2ccc(F)c(C(F)(F)F)c2)CC1)C(C)(C)N. The summed E-state index contributed by atoms with van der Waals surface area (Å²) in [5, 5.41) is 2.58. The van der Waals surface area contributed by atoms with Gasteiger partial charge in [-0.2, -0.15) is 13.2 Å². The van der Waals surface area contributed by atoms with E-state index in [1.165, 1.54) is 6.07 Å². The molecule has 4 nitrogen and oxygen atoms in total. The van der Waals surface area contributed by atoms with Gasteiger partial charge >= 0.3 is 12.3 Å². The Labute approximate surface area is 137 Å². The van der Waals surface area contributed by atoms with Gasteiger partial charge in [-0.25, -0.2) is 9.18 Å². The minimum Gasteiger partial charge on any atom is -0.445 e. The summed E-state index contributed by atoms with van der Waals surface area (Å²) < 4.78 is 57.1. The molecule has 1 aromatic carbocycles. The summed E-state index contributed by atoms with van der Waals surface area (Å²) in [5.41, 5.74) is 2.97. The highest BCUT2D eigenvalue weighted by Gasteiger charge is 2.48. The fraction of sp³-hybridized carbons (Fsp3) is 0.562. The van der Waals surface area contributed by atoms with E-state index >= 15 is 0 Å². The van der Waals surface area contributed by atoms with Crippen LogP contribution in [-0.2, 0) is 16.5 Å². The van der Waals surface area contributed by atoms with Gasteiger partial charge < -0.3 is 15.8 Å². The molecule has 134 valence electrons. The molecule has 0 bridgehead atoms. The lowest BCUT2D eigenvalue weighted by atomic mass is 10.0. The van der Waals surface area contributed by atoms with Crippen molar-refractivity contribution in [1.29, 1.82) is 0 Å². The largest absolute Gasteiger partial charge is 0.445 e. The van der Waals surface area contributed by atoms with Gasteiger partial charge in [0, 0.05) is 5.54 Å². The summed E-state index contributed by atoms with van der Waals surface area (Å²) in [7, 11) is 0. The Morgan fingerprint density at radius 1 is 1.33 bits per heavy atom. The van der Waals surface area contributed by atoms with Crippen LogP contribution in [0.1, 0.15) is 44.7 Å². The first-order valence-corrected chi connectivity index (χ1v) is 7.50. The smallest absolute Gasteiger partial charge is 0.419 e. The number of amides is 1. The number of nitrogens with two attached hydrogens (primary N) is 1. The number of hydrogen-bond acceptors (Lipinski definition) is 3. The number of nitrogens with one attached hydrogen (secondary N) is 1. The van der Waals surface area contributed by atoms with Crippen LogP contribution in [0.25, 0.3) is 0 Å². The van der Waals surface area contributed by atoms with Gasteiger partial charge in [-0.15, -0.1) is 0 Å². The van der Waals surface area contributed by atoms with Crippen molar-refractivity contribution in [2.75, 3.05) is 0 Å². The van der Waals surface area contributed by atoms with E-state index in [1.807, 2.05) is 0 Å². The van der Waals surface area contributed by atoms with Crippen LogP contribution in [0.2, 0.25) is 0 Å². The van der Waals surface area contributed by atoms with Crippen molar-refractivity contribution in [3.8, 4) is 0 Å². The van der Waals surface area contributed by atoms with Gasteiger partial charge in [0.15, 0.2) is 0 Å². The van der Waals surface area contributed by atoms with Crippen LogP contribution in [0, 0.1) is 5.82 Å². The maximum absolute atomic E-state index is 13.4. The molecule has 0 spiro atoms. The average Bonchev–Trinajstić information content (AvgIpc) is 3.17. The molecule has 1 saturated carbocycles. The van der Waals surface area contributed by atoms with E-state index in [1.54, 1.807) is 20.8 Å². The molecule has 2 rings (SSSR count). The van der Waals surface area contributed by atoms with Gasteiger partial charge in [0.05, 0.1) is 11.1 Å². The maximum Gasteiger partial charge on any atom is 0.419 e. The Balaban J connectivity index is 2.16. The van der Waals surface area contributed by atoms with Crippen molar-refractivity contribution in [2.24, 2.45) is 5.73 Å². The molecule has 1 fully saturated rings. The van der Waals surface area contributed by atoms with Crippen LogP contribution in [0.15, 0.2) is 18.2 Å². The predicted molar refractivity (Wildman–Crippen MR) is 79.7 cm³/mol. The van der Waals surface area contributed by atoms with Gasteiger partial charge in [-0.3, -0.25) is 0 Å². The van der Waals surface area contributed by atoms with E-state index in [2.05, 4.69) is 5.32 Å². The quantitative estimate of drug-likeness (QED) is 0.816. The first-order chi connectivity index (χ1) is 10.8. The standard InChI is InChI=1S/C16H20F4N2O2/c1-9(14(2,3)21)24-13(23)22-15(6-7-15)10-4-5-12(17)11(8-10)16(18,19)20/h4-5,8-9H,6-7,21H2,1-3H3,(H,22,23). The van der Waals surface area contributed by atoms with Gasteiger partial charge in [-0.1, -0.05) is 6.07 Å². The Bertz CT molecular complexity index is 634. The van der Waals surface area contributed by atoms with E-state index in [9.17, 15) is 22.4 Å². The second-order valence-electron chi connectivity index (χ2n) is 6.77. The van der Waals surface area contributed by atoms with Crippen molar-refractivity contribution in [3.05, 3.63) is 35.1 Å². The van der Waals surface area contributed by atoms with Crippen LogP contribution < -0.4 is 11.1 Å². The fourth-order valence-corrected chi connectivity index (χ4v) is 2.19. The lowest BCUT2D eigenvalue weighted by Crippen LogP contribution is -2.48. The third-order valence-corrected chi connectivity index (χ3v) is 4.25. The highest BCUT2D eigenvalue weighted by atomic mass is 19.4. The Morgan fingerprint density at radius 3 is 2.38 bits per heavy atom. The molecular formula is C16H20F4N2O2. The zero-order chi connectivity index (χ0) is 18.3. The zero-order valence-electron chi connectivity index (χ0n) is 13.6. The van der Waals surface area contributed by atoms with Gasteiger partial charge in [0.25, 0.3) is 0 Å². The molecule has 0 aromatic heterocycles. The number of carbonyl (C=O) groups excluding carboxylic acids is 1. The summed E-state index contributed by atoms with van der Waals surface area (Å²) in [5.74, 6) is -1.34. The number of alkyl halides is 3. The number of hydrogen-bond donors (Lipinski definition) is 2. The monoisotopic (exact) mass is 348 g/mol. The predicted octanol–water partition coefficient (Wildman–Crippen LogP) is 3.69. The number of halogens is 4. The minimum absolute atomic E-state index is 0.202. The molecule has 1 aromatic rings. The number of benzene rings is 1. The highest BCUT2D eigenvalue weighted by Crippen LogP contribution is 2.47. The van der Waals surface area contributed by atoms with E-state index in [4.69, 9.17) is 10.5 Å². The molecule has 0 radical (unpaired) electrons. The van der Waals surface area contributed by atoms with Gasteiger partial charge in [-0.05, 0) is 51.3 Å².